The lowest BCUT2D eigenvalue weighted by molar-refractivity contribution is 0.0693. The van der Waals surface area contributed by atoms with Gasteiger partial charge in [0.15, 0.2) is 0 Å². The molecule has 1 aliphatic rings. The fourth-order valence-electron chi connectivity index (χ4n) is 5.15. The molecule has 1 saturated heterocycles. The average molecular weight is 475 g/mol. The predicted molar refractivity (Wildman–Crippen MR) is 137 cm³/mol. The number of aromatic carboxylic acids is 1. The molecule has 1 N–H and O–H groups in total. The van der Waals surface area contributed by atoms with E-state index in [-0.39, 0.29) is 5.56 Å². The van der Waals surface area contributed by atoms with Crippen LogP contribution in [0, 0.1) is 0 Å². The van der Waals surface area contributed by atoms with Crippen LogP contribution in [0.4, 0.5) is 0 Å². The highest BCUT2D eigenvalue weighted by Gasteiger charge is 2.24. The van der Waals surface area contributed by atoms with Crippen molar-refractivity contribution >= 4 is 28.2 Å². The first-order valence-corrected chi connectivity index (χ1v) is 12.7. The molecule has 0 atom stereocenters. The van der Waals surface area contributed by atoms with Crippen LogP contribution in [0.25, 0.3) is 10.9 Å². The number of piperidine rings is 1. The quantitative estimate of drug-likeness (QED) is 0.339. The summed E-state index contributed by atoms with van der Waals surface area (Å²) in [5, 5.41) is 13.0. The van der Waals surface area contributed by atoms with Gasteiger partial charge in [0.25, 0.3) is 0 Å². The van der Waals surface area contributed by atoms with Crippen molar-refractivity contribution in [2.75, 3.05) is 20.2 Å². The summed E-state index contributed by atoms with van der Waals surface area (Å²) < 4.78 is 7.63. The van der Waals surface area contributed by atoms with Gasteiger partial charge in [0.2, 0.25) is 0 Å². The highest BCUT2D eigenvalue weighted by atomic mass is 32.1. The standard InChI is InChI=1S/C28H30N2O3S/c1-33-27-9-8-20(17-24(27)28(31)32)18-29-13-10-21(11-14-29)25-19-30(15-12-22-5-4-16-34-22)26-7-3-2-6-23(25)26/h2-9,16-17,19,21H,10-15,18H2,1H3,(H,31,32). The van der Waals surface area contributed by atoms with Gasteiger partial charge in [0.05, 0.1) is 7.11 Å². The summed E-state index contributed by atoms with van der Waals surface area (Å²) in [4.78, 5) is 15.4. The molecule has 0 amide bonds. The third-order valence-corrected chi connectivity index (χ3v) is 7.86. The molecular weight excluding hydrogens is 444 g/mol. The maximum absolute atomic E-state index is 11.6. The minimum atomic E-state index is -0.951. The Morgan fingerprint density at radius 2 is 1.94 bits per heavy atom. The Bertz CT molecular complexity index is 1270. The Hall–Kier alpha value is -3.09. The van der Waals surface area contributed by atoms with E-state index in [1.165, 1.54) is 28.5 Å². The van der Waals surface area contributed by atoms with Gasteiger partial charge in [-0.2, -0.15) is 0 Å². The van der Waals surface area contributed by atoms with Gasteiger partial charge in [-0.15, -0.1) is 11.3 Å². The number of carbonyl (C=O) groups is 1. The molecule has 0 radical (unpaired) electrons. The number of hydrogen-bond acceptors (Lipinski definition) is 4. The molecule has 176 valence electrons. The summed E-state index contributed by atoms with van der Waals surface area (Å²) in [6, 6.07) is 18.6. The van der Waals surface area contributed by atoms with Crippen molar-refractivity contribution < 1.29 is 14.6 Å². The first-order chi connectivity index (χ1) is 16.6. The maximum Gasteiger partial charge on any atom is 0.339 e. The molecule has 5 nitrogen and oxygen atoms in total. The van der Waals surface area contributed by atoms with Crippen molar-refractivity contribution in [1.82, 2.24) is 9.47 Å². The van der Waals surface area contributed by atoms with Gasteiger partial charge < -0.3 is 14.4 Å². The van der Waals surface area contributed by atoms with Crippen LogP contribution >= 0.6 is 11.3 Å². The maximum atomic E-state index is 11.6. The van der Waals surface area contributed by atoms with Crippen molar-refractivity contribution in [2.24, 2.45) is 0 Å². The predicted octanol–water partition coefficient (Wildman–Crippen LogP) is 6.03. The van der Waals surface area contributed by atoms with E-state index < -0.39 is 5.97 Å². The van der Waals surface area contributed by atoms with Gasteiger partial charge in [-0.1, -0.05) is 30.3 Å². The number of ether oxygens (including phenoxy) is 1. The van der Waals surface area contributed by atoms with E-state index in [9.17, 15) is 9.90 Å². The number of hydrogen-bond donors (Lipinski definition) is 1. The SMILES string of the molecule is COc1ccc(CN2CCC(c3cn(CCc4cccs4)c4ccccc34)CC2)cc1C(=O)O. The lowest BCUT2D eigenvalue weighted by Crippen LogP contribution is -2.32. The van der Waals surface area contributed by atoms with Gasteiger partial charge in [-0.05, 0) is 79.0 Å². The topological polar surface area (TPSA) is 54.7 Å². The number of para-hydroxylation sites is 1. The number of likely N-dealkylation sites (tertiary alicyclic amines) is 1. The molecule has 2 aromatic carbocycles. The van der Waals surface area contributed by atoms with Crippen LogP contribution in [0.3, 0.4) is 0 Å². The van der Waals surface area contributed by atoms with Crippen molar-refractivity contribution in [3.63, 3.8) is 0 Å². The molecule has 0 bridgehead atoms. The molecule has 5 rings (SSSR count). The Balaban J connectivity index is 1.27. The second kappa shape index (κ2) is 10.0. The Kier molecular flexibility index (Phi) is 6.70. The Morgan fingerprint density at radius 3 is 2.68 bits per heavy atom. The van der Waals surface area contributed by atoms with Crippen LogP contribution in [0.1, 0.15) is 45.1 Å². The first-order valence-electron chi connectivity index (χ1n) is 11.8. The summed E-state index contributed by atoms with van der Waals surface area (Å²) in [6.45, 7) is 3.78. The monoisotopic (exact) mass is 474 g/mol. The van der Waals surface area contributed by atoms with Crippen molar-refractivity contribution in [2.45, 2.75) is 38.3 Å². The highest BCUT2D eigenvalue weighted by molar-refractivity contribution is 7.09. The van der Waals surface area contributed by atoms with E-state index in [0.29, 0.717) is 11.7 Å². The lowest BCUT2D eigenvalue weighted by atomic mass is 9.89. The molecule has 0 unspecified atom stereocenters. The largest absolute Gasteiger partial charge is 0.496 e. The number of thiophene rings is 1. The fourth-order valence-corrected chi connectivity index (χ4v) is 5.85. The summed E-state index contributed by atoms with van der Waals surface area (Å²) in [7, 11) is 1.51. The second-order valence-corrected chi connectivity index (χ2v) is 10.0. The second-order valence-electron chi connectivity index (χ2n) is 9.01. The number of benzene rings is 2. The normalized spacial score (nSPS) is 15.1. The third-order valence-electron chi connectivity index (χ3n) is 6.93. The highest BCUT2D eigenvalue weighted by Crippen LogP contribution is 2.35. The third kappa shape index (κ3) is 4.74. The van der Waals surface area contributed by atoms with E-state index in [4.69, 9.17) is 4.74 Å². The van der Waals surface area contributed by atoms with E-state index in [1.54, 1.807) is 12.1 Å². The summed E-state index contributed by atoms with van der Waals surface area (Å²) in [5.41, 5.74) is 4.04. The van der Waals surface area contributed by atoms with Gasteiger partial charge in [-0.3, -0.25) is 4.90 Å². The van der Waals surface area contributed by atoms with E-state index in [1.807, 2.05) is 17.4 Å². The summed E-state index contributed by atoms with van der Waals surface area (Å²) in [6.07, 6.45) is 5.68. The number of fused-ring (bicyclic) bond motifs is 1. The number of carboxylic acid groups (broad SMARTS) is 1. The summed E-state index contributed by atoms with van der Waals surface area (Å²) in [5.74, 6) is 0.00730. The van der Waals surface area contributed by atoms with Crippen molar-refractivity contribution in [3.8, 4) is 5.75 Å². The summed E-state index contributed by atoms with van der Waals surface area (Å²) >= 11 is 1.83. The molecule has 4 aromatic rings. The number of rotatable bonds is 8. The van der Waals surface area contributed by atoms with Gasteiger partial charge in [0, 0.05) is 35.1 Å². The Labute approximate surface area is 204 Å². The molecule has 3 heterocycles. The molecule has 2 aromatic heterocycles. The number of aromatic nitrogens is 1. The van der Waals surface area contributed by atoms with Crippen LogP contribution in [0.2, 0.25) is 0 Å². The Morgan fingerprint density at radius 1 is 1.12 bits per heavy atom. The smallest absolute Gasteiger partial charge is 0.339 e. The zero-order valence-electron chi connectivity index (χ0n) is 19.4. The van der Waals surface area contributed by atoms with E-state index in [0.717, 1.165) is 51.0 Å². The molecule has 0 saturated carbocycles. The average Bonchev–Trinajstić information content (AvgIpc) is 3.51. The molecule has 6 heteroatoms. The van der Waals surface area contributed by atoms with Crippen LogP contribution in [-0.4, -0.2) is 40.7 Å². The minimum Gasteiger partial charge on any atom is -0.496 e. The lowest BCUT2D eigenvalue weighted by Gasteiger charge is -2.32. The van der Waals surface area contributed by atoms with Gasteiger partial charge in [-0.25, -0.2) is 4.79 Å². The molecule has 0 spiro atoms. The van der Waals surface area contributed by atoms with Crippen LogP contribution in [0.5, 0.6) is 5.75 Å². The molecular formula is C28H30N2O3S. The van der Waals surface area contributed by atoms with Crippen LogP contribution in [-0.2, 0) is 19.5 Å². The molecule has 1 aliphatic heterocycles. The van der Waals surface area contributed by atoms with E-state index >= 15 is 0 Å². The number of methoxy groups -OCH3 is 1. The van der Waals surface area contributed by atoms with Crippen LogP contribution in [0.15, 0.2) is 66.2 Å². The molecule has 0 aliphatic carbocycles. The van der Waals surface area contributed by atoms with E-state index in [2.05, 4.69) is 57.4 Å². The number of carboxylic acids is 1. The molecule has 1 fully saturated rings. The first kappa shape index (κ1) is 22.7. The minimum absolute atomic E-state index is 0.227. The van der Waals surface area contributed by atoms with Crippen molar-refractivity contribution in [1.29, 1.82) is 0 Å². The van der Waals surface area contributed by atoms with Gasteiger partial charge in [0.1, 0.15) is 11.3 Å². The van der Waals surface area contributed by atoms with Gasteiger partial charge >= 0.3 is 5.97 Å². The number of aryl methyl sites for hydroxylation is 2. The zero-order valence-corrected chi connectivity index (χ0v) is 20.3. The number of nitrogens with zero attached hydrogens (tertiary/aromatic N) is 2. The van der Waals surface area contributed by atoms with Crippen molar-refractivity contribution in [3.05, 3.63) is 87.7 Å². The van der Waals surface area contributed by atoms with Crippen LogP contribution < -0.4 is 4.74 Å². The zero-order chi connectivity index (χ0) is 23.5. The fraction of sp³-hybridized carbons (Fsp3) is 0.321. The molecule has 34 heavy (non-hydrogen) atoms.